The van der Waals surface area contributed by atoms with Gasteiger partial charge in [0, 0.05) is 0 Å². The van der Waals surface area contributed by atoms with E-state index in [9.17, 15) is 8.42 Å². The number of tetrazole rings is 1. The molecule has 0 bridgehead atoms. The van der Waals surface area contributed by atoms with Crippen molar-refractivity contribution < 1.29 is 22.3 Å². The molecule has 3 rings (SSSR count). The number of sulfone groups is 1. The van der Waals surface area contributed by atoms with Crippen LogP contribution >= 0.6 is 0 Å². The topological polar surface area (TPSA) is 105 Å². The number of benzene rings is 1. The van der Waals surface area contributed by atoms with Crippen molar-refractivity contribution in [3.8, 4) is 5.69 Å². The number of rotatable bonds is 9. The molecule has 0 amide bonds. The van der Waals surface area contributed by atoms with Gasteiger partial charge < -0.3 is 13.9 Å². The first kappa shape index (κ1) is 26.0. The van der Waals surface area contributed by atoms with Gasteiger partial charge in [0.15, 0.2) is 14.1 Å². The van der Waals surface area contributed by atoms with Crippen LogP contribution in [0.4, 0.5) is 0 Å². The molecule has 0 saturated carbocycles. The fraction of sp³-hybridized carbons (Fsp3) is 0.682. The Balaban J connectivity index is 1.63. The lowest BCUT2D eigenvalue weighted by atomic mass is 10.1. The fourth-order valence-electron chi connectivity index (χ4n) is 3.47. The predicted molar refractivity (Wildman–Crippen MR) is 127 cm³/mol. The molecule has 2 aromatic rings. The van der Waals surface area contributed by atoms with Crippen molar-refractivity contribution >= 4 is 18.2 Å². The molecule has 0 radical (unpaired) electrons. The molecule has 1 aromatic carbocycles. The predicted octanol–water partition coefficient (Wildman–Crippen LogP) is 3.76. The summed E-state index contributed by atoms with van der Waals surface area (Å²) >= 11 is 0. The van der Waals surface area contributed by atoms with Gasteiger partial charge in [-0.1, -0.05) is 44.1 Å². The molecule has 0 aliphatic carbocycles. The van der Waals surface area contributed by atoms with Gasteiger partial charge in [0.25, 0.3) is 5.16 Å². The second-order valence-corrected chi connectivity index (χ2v) is 17.3. The van der Waals surface area contributed by atoms with E-state index in [-0.39, 0.29) is 28.2 Å². The zero-order valence-electron chi connectivity index (χ0n) is 20.6. The number of hydrogen-bond acceptors (Lipinski definition) is 8. The first-order valence-corrected chi connectivity index (χ1v) is 15.8. The maximum Gasteiger partial charge on any atom is 0.272 e. The van der Waals surface area contributed by atoms with Crippen LogP contribution in [-0.2, 0) is 23.7 Å². The van der Waals surface area contributed by atoms with Gasteiger partial charge in [0.1, 0.15) is 6.10 Å². The summed E-state index contributed by atoms with van der Waals surface area (Å²) in [4.78, 5) is 0. The molecule has 11 heteroatoms. The lowest BCUT2D eigenvalue weighted by Gasteiger charge is -2.37. The molecule has 9 nitrogen and oxygen atoms in total. The van der Waals surface area contributed by atoms with E-state index in [4.69, 9.17) is 13.9 Å². The van der Waals surface area contributed by atoms with E-state index >= 15 is 0 Å². The second-order valence-electron chi connectivity index (χ2n) is 10.5. The highest BCUT2D eigenvalue weighted by Gasteiger charge is 2.44. The van der Waals surface area contributed by atoms with Gasteiger partial charge >= 0.3 is 0 Å². The summed E-state index contributed by atoms with van der Waals surface area (Å²) in [6.45, 7) is 15.2. The summed E-state index contributed by atoms with van der Waals surface area (Å²) in [6.07, 6.45) is 0.433. The number of aromatic nitrogens is 4. The Labute approximate surface area is 197 Å². The van der Waals surface area contributed by atoms with Crippen LogP contribution in [0.3, 0.4) is 0 Å². The van der Waals surface area contributed by atoms with Crippen LogP contribution in [0.5, 0.6) is 0 Å². The average molecular weight is 497 g/mol. The van der Waals surface area contributed by atoms with Gasteiger partial charge in [0.2, 0.25) is 9.84 Å². The minimum atomic E-state index is -3.68. The second kappa shape index (κ2) is 9.53. The lowest BCUT2D eigenvalue weighted by molar-refractivity contribution is -0.149. The molecule has 1 fully saturated rings. The summed E-state index contributed by atoms with van der Waals surface area (Å²) in [5.74, 6) is -0.821. The first-order chi connectivity index (χ1) is 15.2. The van der Waals surface area contributed by atoms with Crippen molar-refractivity contribution in [1.82, 2.24) is 20.2 Å². The number of para-hydroxylation sites is 1. The lowest BCUT2D eigenvalue weighted by Crippen LogP contribution is -2.44. The summed E-state index contributed by atoms with van der Waals surface area (Å²) < 4.78 is 45.8. The fourth-order valence-corrected chi connectivity index (χ4v) is 5.78. The minimum Gasteiger partial charge on any atom is -0.414 e. The quantitative estimate of drug-likeness (QED) is 0.483. The largest absolute Gasteiger partial charge is 0.414 e. The monoisotopic (exact) mass is 496 g/mol. The minimum absolute atomic E-state index is 0.0870. The van der Waals surface area contributed by atoms with E-state index in [1.54, 1.807) is 24.3 Å². The van der Waals surface area contributed by atoms with Crippen LogP contribution in [0.2, 0.25) is 18.1 Å². The molecule has 33 heavy (non-hydrogen) atoms. The summed E-state index contributed by atoms with van der Waals surface area (Å²) in [5, 5.41) is 11.1. The Hall–Kier alpha value is -1.66. The molecule has 1 aliphatic heterocycles. The van der Waals surface area contributed by atoms with E-state index < -0.39 is 23.9 Å². The molecule has 0 unspecified atom stereocenters. The molecule has 2 atom stereocenters. The standard InChI is InChI=1S/C22H36N4O5SSi/c1-21(2,3)33(6,7)29-16-19-18(30-22(4,5)31-19)14-11-15-32(27,28)20-23-24-25-26(20)17-12-9-8-10-13-17/h8-10,12-13,18-19H,11,14-16H2,1-7H3/t18-,19-/m1/s1. The van der Waals surface area contributed by atoms with Crippen molar-refractivity contribution in [3.05, 3.63) is 30.3 Å². The Bertz CT molecular complexity index is 1030. The third kappa shape index (κ3) is 6.27. The summed E-state index contributed by atoms with van der Waals surface area (Å²) in [7, 11) is -5.62. The number of ether oxygens (including phenoxy) is 2. The molecule has 2 heterocycles. The maximum absolute atomic E-state index is 13.0. The average Bonchev–Trinajstić information content (AvgIpc) is 3.31. The van der Waals surface area contributed by atoms with Crippen LogP contribution in [0.15, 0.2) is 35.5 Å². The Morgan fingerprint density at radius 3 is 2.39 bits per heavy atom. The van der Waals surface area contributed by atoms with E-state index in [1.165, 1.54) is 4.68 Å². The third-order valence-corrected chi connectivity index (χ3v) is 12.5. The highest BCUT2D eigenvalue weighted by atomic mass is 32.2. The Kier molecular flexibility index (Phi) is 7.50. The molecular weight excluding hydrogens is 460 g/mol. The Morgan fingerprint density at radius 2 is 1.76 bits per heavy atom. The third-order valence-electron chi connectivity index (χ3n) is 6.32. The van der Waals surface area contributed by atoms with Gasteiger partial charge in [-0.25, -0.2) is 8.42 Å². The van der Waals surface area contributed by atoms with Gasteiger partial charge in [-0.05, 0) is 67.4 Å². The van der Waals surface area contributed by atoms with Crippen LogP contribution in [0.25, 0.3) is 5.69 Å². The van der Waals surface area contributed by atoms with E-state index in [1.807, 2.05) is 19.9 Å². The van der Waals surface area contributed by atoms with Crippen LogP contribution < -0.4 is 0 Å². The van der Waals surface area contributed by atoms with Crippen molar-refractivity contribution in [2.45, 2.75) is 88.7 Å². The zero-order valence-corrected chi connectivity index (χ0v) is 22.4. The molecule has 0 N–H and O–H groups in total. The molecule has 1 saturated heterocycles. The first-order valence-electron chi connectivity index (χ1n) is 11.3. The molecule has 184 valence electrons. The summed E-state index contributed by atoms with van der Waals surface area (Å²) in [6, 6.07) is 8.97. The van der Waals surface area contributed by atoms with Gasteiger partial charge in [-0.2, -0.15) is 4.68 Å². The van der Waals surface area contributed by atoms with Crippen LogP contribution in [-0.4, -0.2) is 67.3 Å². The smallest absolute Gasteiger partial charge is 0.272 e. The summed E-state index contributed by atoms with van der Waals surface area (Å²) in [5.41, 5.74) is 0.596. The number of nitrogens with zero attached hydrogens (tertiary/aromatic N) is 4. The van der Waals surface area contributed by atoms with E-state index in [0.717, 1.165) is 0 Å². The number of hydrogen-bond donors (Lipinski definition) is 0. The van der Waals surface area contributed by atoms with Crippen LogP contribution in [0, 0.1) is 0 Å². The normalized spacial score (nSPS) is 21.4. The highest BCUT2D eigenvalue weighted by molar-refractivity contribution is 7.91. The highest BCUT2D eigenvalue weighted by Crippen LogP contribution is 2.38. The molecule has 1 aliphatic rings. The Morgan fingerprint density at radius 1 is 1.12 bits per heavy atom. The van der Waals surface area contributed by atoms with Crippen molar-refractivity contribution in [3.63, 3.8) is 0 Å². The van der Waals surface area contributed by atoms with Crippen LogP contribution in [0.1, 0.15) is 47.5 Å². The zero-order chi connectivity index (χ0) is 24.5. The van der Waals surface area contributed by atoms with E-state index in [2.05, 4.69) is 49.4 Å². The van der Waals surface area contributed by atoms with Crippen molar-refractivity contribution in [1.29, 1.82) is 0 Å². The van der Waals surface area contributed by atoms with Gasteiger partial charge in [0.05, 0.1) is 24.2 Å². The molecular formula is C22H36N4O5SSi. The SMILES string of the molecule is CC1(C)O[C@H](CCCS(=O)(=O)c2nnnn2-c2ccccc2)[C@@H](CO[Si](C)(C)C(C)(C)C)O1. The molecule has 0 spiro atoms. The maximum atomic E-state index is 13.0. The van der Waals surface area contributed by atoms with Gasteiger partial charge in [-0.15, -0.1) is 0 Å². The van der Waals surface area contributed by atoms with E-state index in [0.29, 0.717) is 25.1 Å². The van der Waals surface area contributed by atoms with Gasteiger partial charge in [-0.3, -0.25) is 0 Å². The molecule has 1 aromatic heterocycles. The van der Waals surface area contributed by atoms with Crippen molar-refractivity contribution in [2.24, 2.45) is 0 Å². The van der Waals surface area contributed by atoms with Crippen molar-refractivity contribution in [2.75, 3.05) is 12.4 Å².